The van der Waals surface area contributed by atoms with Crippen molar-refractivity contribution in [3.63, 3.8) is 0 Å². The molecule has 2 fully saturated rings. The summed E-state index contributed by atoms with van der Waals surface area (Å²) >= 11 is 1.62. The van der Waals surface area contributed by atoms with E-state index in [0.717, 1.165) is 53.5 Å². The van der Waals surface area contributed by atoms with Crippen LogP contribution in [-0.2, 0) is 15.1 Å². The average Bonchev–Trinajstić information content (AvgIpc) is 3.47. The number of thiophene rings is 1. The van der Waals surface area contributed by atoms with E-state index in [1.54, 1.807) is 23.3 Å². The molecule has 2 aliphatic rings. The smallest absolute Gasteiger partial charge is 0.409 e. The Hall–Kier alpha value is -3.27. The molecular formula is C32H40N4O4S. The zero-order valence-corrected chi connectivity index (χ0v) is 24.9. The molecule has 0 saturated heterocycles. The number of amides is 2. The molecule has 2 heterocycles. The molecule has 2 aliphatic carbocycles. The minimum atomic E-state index is -0.704. The molecule has 1 aromatic carbocycles. The lowest BCUT2D eigenvalue weighted by Crippen LogP contribution is -2.58. The molecule has 4 N–H and O–H groups in total. The Kier molecular flexibility index (Phi) is 8.50. The van der Waals surface area contributed by atoms with Crippen LogP contribution >= 0.6 is 11.3 Å². The van der Waals surface area contributed by atoms with Gasteiger partial charge in [-0.05, 0) is 103 Å². The summed E-state index contributed by atoms with van der Waals surface area (Å²) in [6.07, 6.45) is 6.58. The minimum absolute atomic E-state index is 0.0438. The number of ether oxygens (including phenoxy) is 1. The molecule has 2 aromatic heterocycles. The highest BCUT2D eigenvalue weighted by Crippen LogP contribution is 2.46. The summed E-state index contributed by atoms with van der Waals surface area (Å²) in [6.45, 7) is 4.00. The molecule has 0 atom stereocenters. The van der Waals surface area contributed by atoms with Crippen LogP contribution in [0.3, 0.4) is 0 Å². The normalized spacial score (nSPS) is 25.7. The van der Waals surface area contributed by atoms with E-state index in [1.165, 1.54) is 0 Å². The molecule has 8 nitrogen and oxygen atoms in total. The molecule has 0 aliphatic heterocycles. The van der Waals surface area contributed by atoms with E-state index in [2.05, 4.69) is 33.9 Å². The Balaban J connectivity index is 1.24. The van der Waals surface area contributed by atoms with Gasteiger partial charge in [0.05, 0.1) is 12.2 Å². The number of benzene rings is 1. The summed E-state index contributed by atoms with van der Waals surface area (Å²) in [5.41, 5.74) is 10.4. The van der Waals surface area contributed by atoms with Crippen LogP contribution in [0.25, 0.3) is 22.3 Å². The Morgan fingerprint density at radius 2 is 1.83 bits per heavy atom. The van der Waals surface area contributed by atoms with Crippen molar-refractivity contribution in [2.45, 2.75) is 76.0 Å². The van der Waals surface area contributed by atoms with Crippen molar-refractivity contribution in [3.8, 4) is 22.3 Å². The van der Waals surface area contributed by atoms with Gasteiger partial charge in [-0.3, -0.25) is 4.79 Å². The first kappa shape index (κ1) is 29.2. The Morgan fingerprint density at radius 1 is 1.12 bits per heavy atom. The highest BCUT2D eigenvalue weighted by Gasteiger charge is 2.49. The number of nitrogens with one attached hydrogen (secondary N) is 1. The Labute approximate surface area is 245 Å². The van der Waals surface area contributed by atoms with Gasteiger partial charge in [0.2, 0.25) is 5.91 Å². The van der Waals surface area contributed by atoms with Gasteiger partial charge in [0.25, 0.3) is 0 Å². The van der Waals surface area contributed by atoms with Crippen LogP contribution in [-0.4, -0.2) is 52.3 Å². The summed E-state index contributed by atoms with van der Waals surface area (Å²) in [4.78, 5) is 31.3. The van der Waals surface area contributed by atoms with E-state index in [9.17, 15) is 14.7 Å². The van der Waals surface area contributed by atoms with Crippen molar-refractivity contribution in [1.29, 1.82) is 0 Å². The van der Waals surface area contributed by atoms with E-state index in [0.29, 0.717) is 31.7 Å². The summed E-state index contributed by atoms with van der Waals surface area (Å²) in [5.74, 6) is 0.767. The van der Waals surface area contributed by atoms with Gasteiger partial charge in [-0.2, -0.15) is 11.3 Å². The Bertz CT molecular complexity index is 1360. The molecule has 2 saturated carbocycles. The average molecular weight is 577 g/mol. The lowest BCUT2D eigenvalue weighted by Gasteiger charge is -2.49. The van der Waals surface area contributed by atoms with Gasteiger partial charge in [-0.15, -0.1) is 0 Å². The van der Waals surface area contributed by atoms with Crippen molar-refractivity contribution in [3.05, 3.63) is 58.9 Å². The number of carbonyl (C=O) groups is 2. The Morgan fingerprint density at radius 3 is 2.44 bits per heavy atom. The van der Waals surface area contributed by atoms with Gasteiger partial charge in [-0.25, -0.2) is 9.78 Å². The largest absolute Gasteiger partial charge is 0.450 e. The molecule has 9 heteroatoms. The molecule has 3 aromatic rings. The maximum absolute atomic E-state index is 13.0. The van der Waals surface area contributed by atoms with Gasteiger partial charge >= 0.3 is 6.09 Å². The van der Waals surface area contributed by atoms with Crippen LogP contribution in [0.1, 0.15) is 64.4 Å². The summed E-state index contributed by atoms with van der Waals surface area (Å²) in [6, 6.07) is 12.4. The van der Waals surface area contributed by atoms with Gasteiger partial charge in [0, 0.05) is 36.8 Å². The minimum Gasteiger partial charge on any atom is -0.450 e. The van der Waals surface area contributed by atoms with Crippen molar-refractivity contribution in [2.75, 3.05) is 19.0 Å². The number of nitrogens with two attached hydrogens (primary N) is 1. The van der Waals surface area contributed by atoms with Crippen molar-refractivity contribution in [2.24, 2.45) is 11.7 Å². The fraction of sp³-hybridized carbons (Fsp3) is 0.469. The molecule has 2 amide bonds. The van der Waals surface area contributed by atoms with E-state index in [1.807, 2.05) is 43.6 Å². The first-order valence-electron chi connectivity index (χ1n) is 14.4. The van der Waals surface area contributed by atoms with Crippen molar-refractivity contribution >= 4 is 29.2 Å². The quantitative estimate of drug-likeness (QED) is 0.296. The van der Waals surface area contributed by atoms with Crippen LogP contribution in [0.15, 0.2) is 53.4 Å². The fourth-order valence-corrected chi connectivity index (χ4v) is 7.13. The number of pyridine rings is 1. The van der Waals surface area contributed by atoms with Crippen LogP contribution < -0.4 is 11.1 Å². The van der Waals surface area contributed by atoms with Gasteiger partial charge < -0.3 is 25.8 Å². The van der Waals surface area contributed by atoms with Crippen LogP contribution in [0, 0.1) is 5.92 Å². The maximum atomic E-state index is 13.0. The lowest BCUT2D eigenvalue weighted by molar-refractivity contribution is -0.117. The number of anilines is 1. The monoisotopic (exact) mass is 576 g/mol. The molecule has 0 unspecified atom stereocenters. The van der Waals surface area contributed by atoms with Crippen LogP contribution in [0.2, 0.25) is 0 Å². The van der Waals surface area contributed by atoms with Crippen molar-refractivity contribution in [1.82, 2.24) is 9.88 Å². The third-order valence-electron chi connectivity index (χ3n) is 8.56. The fourth-order valence-electron chi connectivity index (χ4n) is 6.47. The van der Waals surface area contributed by atoms with E-state index < -0.39 is 11.1 Å². The molecule has 0 spiro atoms. The zero-order valence-electron chi connectivity index (χ0n) is 24.1. The first-order chi connectivity index (χ1) is 19.6. The predicted octanol–water partition coefficient (Wildman–Crippen LogP) is 6.15. The highest BCUT2D eigenvalue weighted by molar-refractivity contribution is 7.08. The number of aromatic nitrogens is 1. The third-order valence-corrected chi connectivity index (χ3v) is 9.24. The molecule has 218 valence electrons. The van der Waals surface area contributed by atoms with Crippen LogP contribution in [0.4, 0.5) is 10.6 Å². The number of nitrogens with zero attached hydrogens (tertiary/aromatic N) is 2. The number of carbonyl (C=O) groups excluding carboxylic acids is 2. The third kappa shape index (κ3) is 6.63. The number of aliphatic hydroxyl groups is 1. The predicted molar refractivity (Wildman–Crippen MR) is 162 cm³/mol. The SMILES string of the molecule is CCOC(=O)N(C)C1CCC(CC(=O)Nc2cc(-c3ccsc3)c(-c3ccc([C@]4(N)C[C@](C)(O)C4)cc3)cn2)CC1. The summed E-state index contributed by atoms with van der Waals surface area (Å²) in [5, 5.41) is 17.3. The van der Waals surface area contributed by atoms with E-state index in [4.69, 9.17) is 10.5 Å². The second-order valence-corrected chi connectivity index (χ2v) is 12.7. The molecule has 0 bridgehead atoms. The number of rotatable bonds is 8. The maximum Gasteiger partial charge on any atom is 0.409 e. The molecule has 0 radical (unpaired) electrons. The topological polar surface area (TPSA) is 118 Å². The van der Waals surface area contributed by atoms with Gasteiger partial charge in [0.1, 0.15) is 5.82 Å². The van der Waals surface area contributed by atoms with E-state index >= 15 is 0 Å². The first-order valence-corrected chi connectivity index (χ1v) is 15.4. The highest BCUT2D eigenvalue weighted by atomic mass is 32.1. The van der Waals surface area contributed by atoms with E-state index in [-0.39, 0.29) is 24.0 Å². The molecule has 41 heavy (non-hydrogen) atoms. The second kappa shape index (κ2) is 11.9. The van der Waals surface area contributed by atoms with Crippen molar-refractivity contribution < 1.29 is 19.4 Å². The van der Waals surface area contributed by atoms with Gasteiger partial charge in [-0.1, -0.05) is 24.3 Å². The zero-order chi connectivity index (χ0) is 29.2. The summed E-state index contributed by atoms with van der Waals surface area (Å²) in [7, 11) is 1.79. The molecule has 5 rings (SSSR count). The van der Waals surface area contributed by atoms with Crippen LogP contribution in [0.5, 0.6) is 0 Å². The van der Waals surface area contributed by atoms with Gasteiger partial charge in [0.15, 0.2) is 0 Å². The summed E-state index contributed by atoms with van der Waals surface area (Å²) < 4.78 is 5.12. The lowest BCUT2D eigenvalue weighted by atomic mass is 9.63. The number of hydrogen-bond acceptors (Lipinski definition) is 7. The number of hydrogen-bond donors (Lipinski definition) is 3. The molecular weight excluding hydrogens is 536 g/mol. The second-order valence-electron chi connectivity index (χ2n) is 11.9. The standard InChI is InChI=1S/C32H40N4O4S/c1-4-40-30(38)36(3)25-11-5-21(6-12-25)15-29(37)35-28-16-26(23-13-14-41-18-23)27(17-34-28)22-7-9-24(10-8-22)32(33)19-31(2,39)20-32/h7-10,13-14,16-18,21,25,39H,4-6,11-12,15,19-20,33H2,1-3H3,(H,34,35,37)/t21?,25?,31-,32-.